The second-order valence-corrected chi connectivity index (χ2v) is 5.70. The summed E-state index contributed by atoms with van der Waals surface area (Å²) in [5.41, 5.74) is 1.28. The van der Waals surface area contributed by atoms with Gasteiger partial charge in [0.25, 0.3) is 5.91 Å². The zero-order valence-corrected chi connectivity index (χ0v) is 13.7. The summed E-state index contributed by atoms with van der Waals surface area (Å²) in [4.78, 5) is 14.2. The van der Waals surface area contributed by atoms with Crippen LogP contribution >= 0.6 is 11.3 Å². The summed E-state index contributed by atoms with van der Waals surface area (Å²) in [7, 11) is 1.54. The molecule has 1 heterocycles. The minimum atomic E-state index is -4.75. The molecule has 4 nitrogen and oxygen atoms in total. The highest BCUT2D eigenvalue weighted by Crippen LogP contribution is 2.23. The number of carbonyl (C=O) groups is 1. The Morgan fingerprint density at radius 1 is 1.21 bits per heavy atom. The fourth-order valence-corrected chi connectivity index (χ4v) is 2.70. The van der Waals surface area contributed by atoms with Crippen molar-refractivity contribution in [3.05, 3.63) is 52.2 Å². The Morgan fingerprint density at radius 2 is 1.92 bits per heavy atom. The van der Waals surface area contributed by atoms with Crippen LogP contribution in [0.5, 0.6) is 5.75 Å². The largest absolute Gasteiger partial charge is 0.573 e. The average molecular weight is 359 g/mol. The van der Waals surface area contributed by atoms with Crippen molar-refractivity contribution in [2.45, 2.75) is 12.9 Å². The van der Waals surface area contributed by atoms with E-state index in [1.807, 2.05) is 16.8 Å². The molecule has 0 spiro atoms. The molecule has 1 aromatic carbocycles. The number of hydrogen-bond donors (Lipinski definition) is 0. The fraction of sp³-hybridized carbons (Fsp3) is 0.312. The predicted octanol–water partition coefficient (Wildman–Crippen LogP) is 3.94. The van der Waals surface area contributed by atoms with Gasteiger partial charge in [0.15, 0.2) is 0 Å². The standard InChI is InChI=1S/C16H16F3NO3S/c1-22-8-7-20(10-12-6-9-24-11-12)15(21)13-2-4-14(5-3-13)23-16(17,18)19/h2-6,9,11H,7-8,10H2,1H3. The van der Waals surface area contributed by atoms with Crippen LogP contribution in [-0.4, -0.2) is 37.4 Å². The summed E-state index contributed by atoms with van der Waals surface area (Å²) in [5.74, 6) is -0.642. The minimum absolute atomic E-state index is 0.281. The molecular formula is C16H16F3NO3S. The van der Waals surface area contributed by atoms with Crippen LogP contribution in [0.25, 0.3) is 0 Å². The highest BCUT2D eigenvalue weighted by atomic mass is 32.1. The maximum atomic E-state index is 12.6. The van der Waals surface area contributed by atoms with E-state index in [0.717, 1.165) is 17.7 Å². The molecule has 24 heavy (non-hydrogen) atoms. The molecule has 1 aromatic heterocycles. The molecule has 0 aliphatic heterocycles. The quantitative estimate of drug-likeness (QED) is 0.752. The van der Waals surface area contributed by atoms with Crippen LogP contribution in [0, 0.1) is 0 Å². The third-order valence-electron chi connectivity index (χ3n) is 3.14. The molecule has 0 aliphatic rings. The van der Waals surface area contributed by atoms with Gasteiger partial charge in [0.2, 0.25) is 0 Å². The Labute approximate surface area is 141 Å². The van der Waals surface area contributed by atoms with Crippen LogP contribution in [0.3, 0.4) is 0 Å². The topological polar surface area (TPSA) is 38.8 Å². The second kappa shape index (κ2) is 8.16. The van der Waals surface area contributed by atoms with E-state index in [0.29, 0.717) is 19.7 Å². The van der Waals surface area contributed by atoms with Crippen LogP contribution in [0.2, 0.25) is 0 Å². The summed E-state index contributed by atoms with van der Waals surface area (Å²) in [6.45, 7) is 1.16. The van der Waals surface area contributed by atoms with Gasteiger partial charge >= 0.3 is 6.36 Å². The first-order valence-electron chi connectivity index (χ1n) is 7.04. The van der Waals surface area contributed by atoms with E-state index >= 15 is 0 Å². The van der Waals surface area contributed by atoms with Crippen LogP contribution in [0.15, 0.2) is 41.1 Å². The van der Waals surface area contributed by atoms with Crippen molar-refractivity contribution in [1.82, 2.24) is 4.90 Å². The van der Waals surface area contributed by atoms with E-state index in [1.54, 1.807) is 4.90 Å². The van der Waals surface area contributed by atoms with Crippen LogP contribution in [-0.2, 0) is 11.3 Å². The monoisotopic (exact) mass is 359 g/mol. The molecule has 0 fully saturated rings. The van der Waals surface area contributed by atoms with Gasteiger partial charge in [0, 0.05) is 25.8 Å². The predicted molar refractivity (Wildman–Crippen MR) is 84.1 cm³/mol. The lowest BCUT2D eigenvalue weighted by Gasteiger charge is -2.22. The minimum Gasteiger partial charge on any atom is -0.406 e. The van der Waals surface area contributed by atoms with Crippen molar-refractivity contribution >= 4 is 17.2 Å². The first-order valence-corrected chi connectivity index (χ1v) is 7.98. The van der Waals surface area contributed by atoms with Crippen molar-refractivity contribution in [1.29, 1.82) is 0 Å². The van der Waals surface area contributed by atoms with Crippen molar-refractivity contribution in [2.24, 2.45) is 0 Å². The van der Waals surface area contributed by atoms with Crippen LogP contribution < -0.4 is 4.74 Å². The van der Waals surface area contributed by atoms with Gasteiger partial charge in [-0.05, 0) is 46.7 Å². The van der Waals surface area contributed by atoms with Crippen molar-refractivity contribution in [3.8, 4) is 5.75 Å². The number of rotatable bonds is 7. The molecule has 0 N–H and O–H groups in total. The van der Waals surface area contributed by atoms with E-state index in [1.165, 1.54) is 30.6 Å². The first-order chi connectivity index (χ1) is 11.4. The van der Waals surface area contributed by atoms with Gasteiger partial charge in [-0.25, -0.2) is 0 Å². The number of benzene rings is 1. The van der Waals surface area contributed by atoms with Crippen molar-refractivity contribution in [2.75, 3.05) is 20.3 Å². The molecule has 0 bridgehead atoms. The Hall–Kier alpha value is -2.06. The summed E-state index contributed by atoms with van der Waals surface area (Å²) >= 11 is 1.53. The maximum absolute atomic E-state index is 12.6. The third-order valence-corrected chi connectivity index (χ3v) is 3.87. The Bertz CT molecular complexity index is 642. The number of carbonyl (C=O) groups excluding carboxylic acids is 1. The number of thiophene rings is 1. The number of amides is 1. The zero-order chi connectivity index (χ0) is 17.6. The van der Waals surface area contributed by atoms with Crippen molar-refractivity contribution < 1.29 is 27.4 Å². The molecule has 8 heteroatoms. The molecule has 0 saturated heterocycles. The summed E-state index contributed by atoms with van der Waals surface area (Å²) < 4.78 is 45.3. The third kappa shape index (κ3) is 5.54. The molecule has 0 aliphatic carbocycles. The van der Waals surface area contributed by atoms with E-state index in [-0.39, 0.29) is 17.2 Å². The van der Waals surface area contributed by atoms with Gasteiger partial charge < -0.3 is 14.4 Å². The van der Waals surface area contributed by atoms with E-state index in [4.69, 9.17) is 4.74 Å². The molecule has 0 radical (unpaired) electrons. The van der Waals surface area contributed by atoms with Crippen LogP contribution in [0.1, 0.15) is 15.9 Å². The molecule has 130 valence electrons. The molecule has 1 amide bonds. The van der Waals surface area contributed by atoms with Gasteiger partial charge in [-0.15, -0.1) is 13.2 Å². The number of alkyl halides is 3. The van der Waals surface area contributed by atoms with E-state index < -0.39 is 6.36 Å². The summed E-state index contributed by atoms with van der Waals surface area (Å²) in [5, 5.41) is 3.85. The number of nitrogens with zero attached hydrogens (tertiary/aromatic N) is 1. The molecule has 2 rings (SSSR count). The Kier molecular flexibility index (Phi) is 6.22. The van der Waals surface area contributed by atoms with Gasteiger partial charge in [-0.3, -0.25) is 4.79 Å². The smallest absolute Gasteiger partial charge is 0.406 e. The van der Waals surface area contributed by atoms with Crippen LogP contribution in [0.4, 0.5) is 13.2 Å². The molecule has 2 aromatic rings. The molecular weight excluding hydrogens is 343 g/mol. The Balaban J connectivity index is 2.10. The Morgan fingerprint density at radius 3 is 2.46 bits per heavy atom. The van der Waals surface area contributed by atoms with Gasteiger partial charge in [0.05, 0.1) is 6.61 Å². The van der Waals surface area contributed by atoms with Gasteiger partial charge in [-0.1, -0.05) is 0 Å². The lowest BCUT2D eigenvalue weighted by atomic mass is 10.1. The number of ether oxygens (including phenoxy) is 2. The molecule has 0 atom stereocenters. The van der Waals surface area contributed by atoms with Gasteiger partial charge in [-0.2, -0.15) is 11.3 Å². The molecule has 0 unspecified atom stereocenters. The first kappa shape index (κ1) is 18.3. The highest BCUT2D eigenvalue weighted by molar-refractivity contribution is 7.07. The number of hydrogen-bond acceptors (Lipinski definition) is 4. The van der Waals surface area contributed by atoms with Crippen molar-refractivity contribution in [3.63, 3.8) is 0 Å². The molecule has 0 saturated carbocycles. The van der Waals surface area contributed by atoms with E-state index in [9.17, 15) is 18.0 Å². The SMILES string of the molecule is COCCN(Cc1ccsc1)C(=O)c1ccc(OC(F)(F)F)cc1. The second-order valence-electron chi connectivity index (χ2n) is 4.92. The van der Waals surface area contributed by atoms with E-state index in [2.05, 4.69) is 4.74 Å². The number of halogens is 3. The lowest BCUT2D eigenvalue weighted by molar-refractivity contribution is -0.274. The summed E-state index contributed by atoms with van der Waals surface area (Å²) in [6.07, 6.45) is -4.75. The zero-order valence-electron chi connectivity index (χ0n) is 12.9. The number of methoxy groups -OCH3 is 1. The average Bonchev–Trinajstić information content (AvgIpc) is 3.03. The lowest BCUT2D eigenvalue weighted by Crippen LogP contribution is -2.33. The maximum Gasteiger partial charge on any atom is 0.573 e. The normalized spacial score (nSPS) is 11.3. The van der Waals surface area contributed by atoms with Gasteiger partial charge in [0.1, 0.15) is 5.75 Å². The highest BCUT2D eigenvalue weighted by Gasteiger charge is 2.31. The fourth-order valence-electron chi connectivity index (χ4n) is 2.04. The summed E-state index contributed by atoms with van der Waals surface area (Å²) in [6, 6.07) is 6.80.